The molecule has 23 heavy (non-hydrogen) atoms. The predicted octanol–water partition coefficient (Wildman–Crippen LogP) is 2.19. The van der Waals surface area contributed by atoms with Gasteiger partial charge in [0, 0.05) is 22.2 Å². The van der Waals surface area contributed by atoms with Gasteiger partial charge in [-0.25, -0.2) is 0 Å². The minimum atomic E-state index is -0.380. The number of carbonyl (C=O) groups excluding carboxylic acids is 1. The second-order valence-electron chi connectivity index (χ2n) is 5.13. The average molecular weight is 328 g/mol. The molecule has 8 heteroatoms. The summed E-state index contributed by atoms with van der Waals surface area (Å²) in [5.74, 6) is 0.0911. The molecule has 0 aliphatic heterocycles. The number of H-pyrrole nitrogens is 1. The van der Waals surface area contributed by atoms with E-state index in [0.717, 1.165) is 16.6 Å². The molecule has 0 radical (unpaired) electrons. The van der Waals surface area contributed by atoms with Crippen LogP contribution in [0.2, 0.25) is 0 Å². The summed E-state index contributed by atoms with van der Waals surface area (Å²) in [5.41, 5.74) is 13.6. The van der Waals surface area contributed by atoms with Gasteiger partial charge in [-0.05, 0) is 19.9 Å². The number of ketones is 1. The summed E-state index contributed by atoms with van der Waals surface area (Å²) in [6.07, 6.45) is 0. The maximum absolute atomic E-state index is 12.8. The van der Waals surface area contributed by atoms with Crippen LogP contribution in [0.5, 0.6) is 0 Å². The number of nitrogens with zero attached hydrogens (tertiary/aromatic N) is 3. The van der Waals surface area contributed by atoms with Gasteiger partial charge in [0.15, 0.2) is 10.9 Å². The minimum absolute atomic E-state index is 0.00232. The quantitative estimate of drug-likeness (QED) is 0.495. The van der Waals surface area contributed by atoms with Crippen molar-refractivity contribution in [1.82, 2.24) is 19.9 Å². The lowest BCUT2D eigenvalue weighted by Gasteiger charge is -2.10. The fraction of sp³-hybridized carbons (Fsp3) is 0.200. The highest BCUT2D eigenvalue weighted by Crippen LogP contribution is 2.28. The van der Waals surface area contributed by atoms with Gasteiger partial charge in [0.25, 0.3) is 0 Å². The van der Waals surface area contributed by atoms with Crippen molar-refractivity contribution >= 4 is 40.3 Å². The van der Waals surface area contributed by atoms with Crippen molar-refractivity contribution in [2.24, 2.45) is 0 Å². The molecule has 1 aromatic carbocycles. The molecular formula is C15H16N6OS. The van der Waals surface area contributed by atoms with Gasteiger partial charge in [-0.1, -0.05) is 30.0 Å². The molecule has 118 valence electrons. The van der Waals surface area contributed by atoms with Crippen molar-refractivity contribution in [3.8, 4) is 0 Å². The molecule has 1 unspecified atom stereocenters. The van der Waals surface area contributed by atoms with Crippen LogP contribution in [0.4, 0.5) is 11.9 Å². The average Bonchev–Trinajstić information content (AvgIpc) is 2.81. The van der Waals surface area contributed by atoms with Crippen LogP contribution in [0.15, 0.2) is 29.4 Å². The van der Waals surface area contributed by atoms with Crippen LogP contribution < -0.4 is 11.5 Å². The number of Topliss-reactive ketones (excluding diaryl/α,β-unsaturated/α-hetero) is 1. The Labute approximate surface area is 136 Å². The normalized spacial score (nSPS) is 12.4. The third-order valence-electron chi connectivity index (χ3n) is 3.44. The van der Waals surface area contributed by atoms with Crippen LogP contribution in [-0.2, 0) is 0 Å². The molecule has 0 saturated carbocycles. The molecule has 2 heterocycles. The van der Waals surface area contributed by atoms with Gasteiger partial charge < -0.3 is 16.5 Å². The number of benzene rings is 1. The lowest BCUT2D eigenvalue weighted by atomic mass is 10.1. The Morgan fingerprint density at radius 3 is 2.52 bits per heavy atom. The summed E-state index contributed by atoms with van der Waals surface area (Å²) in [5, 5.41) is 0.875. The smallest absolute Gasteiger partial charge is 0.225 e. The van der Waals surface area contributed by atoms with Gasteiger partial charge in [-0.2, -0.15) is 15.0 Å². The topological polar surface area (TPSA) is 124 Å². The first-order valence-corrected chi connectivity index (χ1v) is 7.89. The van der Waals surface area contributed by atoms with Gasteiger partial charge >= 0.3 is 0 Å². The summed E-state index contributed by atoms with van der Waals surface area (Å²) in [6, 6.07) is 7.73. The fourth-order valence-electron chi connectivity index (χ4n) is 2.45. The number of nitrogens with two attached hydrogens (primary N) is 2. The number of hydrogen-bond donors (Lipinski definition) is 3. The number of para-hydroxylation sites is 1. The van der Waals surface area contributed by atoms with E-state index in [9.17, 15) is 4.79 Å². The van der Waals surface area contributed by atoms with Crippen LogP contribution in [0.25, 0.3) is 10.9 Å². The van der Waals surface area contributed by atoms with Gasteiger partial charge in [-0.15, -0.1) is 0 Å². The van der Waals surface area contributed by atoms with E-state index < -0.39 is 0 Å². The van der Waals surface area contributed by atoms with Gasteiger partial charge in [0.2, 0.25) is 11.9 Å². The number of hydrogen-bond acceptors (Lipinski definition) is 7. The van der Waals surface area contributed by atoms with E-state index in [1.54, 1.807) is 0 Å². The molecule has 0 saturated heterocycles. The molecule has 3 aromatic rings. The maximum atomic E-state index is 12.8. The summed E-state index contributed by atoms with van der Waals surface area (Å²) < 4.78 is 0. The van der Waals surface area contributed by atoms with Crippen molar-refractivity contribution in [2.75, 3.05) is 11.5 Å². The lowest BCUT2D eigenvalue weighted by molar-refractivity contribution is 0.0995. The van der Waals surface area contributed by atoms with Crippen LogP contribution in [0, 0.1) is 6.92 Å². The molecule has 7 nitrogen and oxygen atoms in total. The minimum Gasteiger partial charge on any atom is -0.368 e. The van der Waals surface area contributed by atoms with Gasteiger partial charge in [0.05, 0.1) is 5.25 Å². The van der Waals surface area contributed by atoms with E-state index in [0.29, 0.717) is 10.7 Å². The highest BCUT2D eigenvalue weighted by atomic mass is 32.2. The van der Waals surface area contributed by atoms with E-state index >= 15 is 0 Å². The maximum Gasteiger partial charge on any atom is 0.225 e. The Kier molecular flexibility index (Phi) is 3.91. The molecule has 0 spiro atoms. The molecule has 0 amide bonds. The molecule has 3 rings (SSSR count). The largest absolute Gasteiger partial charge is 0.368 e. The fourth-order valence-corrected chi connectivity index (χ4v) is 3.28. The molecule has 1 atom stereocenters. The number of rotatable bonds is 4. The lowest BCUT2D eigenvalue weighted by Crippen LogP contribution is -2.15. The number of thioether (sulfide) groups is 1. The van der Waals surface area contributed by atoms with Crippen molar-refractivity contribution in [3.05, 3.63) is 35.5 Å². The first kappa shape index (κ1) is 15.3. The number of aromatic amines is 1. The molecular weight excluding hydrogens is 312 g/mol. The van der Waals surface area contributed by atoms with E-state index in [1.165, 1.54) is 11.8 Å². The standard InChI is InChI=1S/C15H16N6OS/c1-7-11(9-5-3-4-6-10(9)18-7)12(22)8(2)23-15-20-13(16)19-14(17)21-15/h3-6,8,18H,1-2H3,(H4,16,17,19,20,21). The third kappa shape index (κ3) is 2.98. The first-order valence-electron chi connectivity index (χ1n) is 7.01. The number of aryl methyl sites for hydroxylation is 1. The van der Waals surface area contributed by atoms with Crippen LogP contribution in [0.1, 0.15) is 23.0 Å². The second kappa shape index (κ2) is 5.88. The molecule has 0 aliphatic carbocycles. The SMILES string of the molecule is Cc1[nH]c2ccccc2c1C(=O)C(C)Sc1nc(N)nc(N)n1. The molecule has 5 N–H and O–H groups in total. The zero-order valence-electron chi connectivity index (χ0n) is 12.7. The van der Waals surface area contributed by atoms with E-state index in [4.69, 9.17) is 11.5 Å². The molecule has 2 aromatic heterocycles. The summed E-state index contributed by atoms with van der Waals surface area (Å²) in [6.45, 7) is 3.70. The highest BCUT2D eigenvalue weighted by Gasteiger charge is 2.23. The predicted molar refractivity (Wildman–Crippen MR) is 91.3 cm³/mol. The van der Waals surface area contributed by atoms with Crippen LogP contribution in [-0.4, -0.2) is 31.0 Å². The number of carbonyl (C=O) groups is 1. The van der Waals surface area contributed by atoms with Crippen molar-refractivity contribution in [3.63, 3.8) is 0 Å². The highest BCUT2D eigenvalue weighted by molar-refractivity contribution is 8.00. The molecule has 0 bridgehead atoms. The number of fused-ring (bicyclic) bond motifs is 1. The van der Waals surface area contributed by atoms with Crippen molar-refractivity contribution < 1.29 is 4.79 Å². The first-order chi connectivity index (χ1) is 11.0. The monoisotopic (exact) mass is 328 g/mol. The van der Waals surface area contributed by atoms with Gasteiger partial charge in [-0.3, -0.25) is 4.79 Å². The van der Waals surface area contributed by atoms with E-state index in [2.05, 4.69) is 19.9 Å². The second-order valence-corrected chi connectivity index (χ2v) is 6.44. The van der Waals surface area contributed by atoms with Crippen LogP contribution >= 0.6 is 11.8 Å². The van der Waals surface area contributed by atoms with E-state index in [-0.39, 0.29) is 22.9 Å². The van der Waals surface area contributed by atoms with Crippen LogP contribution in [0.3, 0.4) is 0 Å². The molecule has 0 fully saturated rings. The third-order valence-corrected chi connectivity index (χ3v) is 4.40. The van der Waals surface area contributed by atoms with Gasteiger partial charge in [0.1, 0.15) is 0 Å². The Bertz CT molecular complexity index is 871. The summed E-state index contributed by atoms with van der Waals surface area (Å²) >= 11 is 1.21. The number of nitrogens with one attached hydrogen (secondary N) is 1. The van der Waals surface area contributed by atoms with Crippen molar-refractivity contribution in [1.29, 1.82) is 0 Å². The zero-order valence-corrected chi connectivity index (χ0v) is 13.5. The summed E-state index contributed by atoms with van der Waals surface area (Å²) in [4.78, 5) is 27.8. The number of anilines is 2. The number of aromatic nitrogens is 4. The van der Waals surface area contributed by atoms with E-state index in [1.807, 2.05) is 38.1 Å². The molecule has 0 aliphatic rings. The Hall–Kier alpha value is -2.61. The zero-order chi connectivity index (χ0) is 16.6. The van der Waals surface area contributed by atoms with Crippen molar-refractivity contribution in [2.45, 2.75) is 24.3 Å². The Morgan fingerprint density at radius 1 is 1.17 bits per heavy atom. The number of nitrogen functional groups attached to an aromatic ring is 2. The Balaban J connectivity index is 1.91. The summed E-state index contributed by atoms with van der Waals surface area (Å²) in [7, 11) is 0. The Morgan fingerprint density at radius 2 is 1.83 bits per heavy atom.